The minimum atomic E-state index is -4.53. The van der Waals surface area contributed by atoms with Gasteiger partial charge >= 0.3 is 6.18 Å². The van der Waals surface area contributed by atoms with Crippen LogP contribution < -0.4 is 16.2 Å². The van der Waals surface area contributed by atoms with Gasteiger partial charge in [-0.15, -0.1) is 0 Å². The van der Waals surface area contributed by atoms with Gasteiger partial charge in [0.05, 0.1) is 18.2 Å². The quantitative estimate of drug-likeness (QED) is 0.442. The molecule has 2 aromatic carbocycles. The summed E-state index contributed by atoms with van der Waals surface area (Å²) in [6.45, 7) is 1.83. The SMILES string of the molecule is Cc1cn(Cc2c(F)cccc2F)nc1Cc1ccc(CNC(=O)C2CNNC2C(F)(F)F)cc1. The molecule has 1 aromatic heterocycles. The fraction of sp³-hybridized carbons (Fsp3) is 0.333. The summed E-state index contributed by atoms with van der Waals surface area (Å²) in [5, 5.41) is 7.02. The second kappa shape index (κ2) is 10.1. The van der Waals surface area contributed by atoms with Gasteiger partial charge in [0.1, 0.15) is 17.7 Å². The molecule has 4 rings (SSSR count). The van der Waals surface area contributed by atoms with E-state index in [0.717, 1.165) is 22.4 Å². The zero-order chi connectivity index (χ0) is 25.2. The highest BCUT2D eigenvalue weighted by Gasteiger charge is 2.50. The zero-order valence-electron chi connectivity index (χ0n) is 18.8. The molecule has 0 radical (unpaired) electrons. The number of carbonyl (C=O) groups excluding carboxylic acids is 1. The molecule has 2 heterocycles. The van der Waals surface area contributed by atoms with Gasteiger partial charge in [-0.3, -0.25) is 14.9 Å². The third-order valence-corrected chi connectivity index (χ3v) is 5.96. The Morgan fingerprint density at radius 1 is 1.11 bits per heavy atom. The molecule has 2 unspecified atom stereocenters. The average Bonchev–Trinajstić information content (AvgIpc) is 3.43. The molecule has 11 heteroatoms. The summed E-state index contributed by atoms with van der Waals surface area (Å²) < 4.78 is 68.4. The van der Waals surface area contributed by atoms with Crippen LogP contribution in [0.15, 0.2) is 48.7 Å². The van der Waals surface area contributed by atoms with Crippen molar-refractivity contribution in [1.29, 1.82) is 0 Å². The molecular weight excluding hydrogens is 469 g/mol. The van der Waals surface area contributed by atoms with Gasteiger partial charge in [-0.25, -0.2) is 14.2 Å². The van der Waals surface area contributed by atoms with Crippen molar-refractivity contribution in [3.63, 3.8) is 0 Å². The maximum Gasteiger partial charge on any atom is 0.405 e. The Balaban J connectivity index is 1.35. The molecule has 1 fully saturated rings. The third-order valence-electron chi connectivity index (χ3n) is 5.96. The molecule has 1 aliphatic heterocycles. The van der Waals surface area contributed by atoms with Crippen molar-refractivity contribution in [2.24, 2.45) is 5.92 Å². The number of benzene rings is 2. The second-order valence-corrected chi connectivity index (χ2v) is 8.52. The second-order valence-electron chi connectivity index (χ2n) is 8.52. The number of carbonyl (C=O) groups is 1. The maximum absolute atomic E-state index is 13.9. The van der Waals surface area contributed by atoms with Crippen LogP contribution in [0.5, 0.6) is 0 Å². The van der Waals surface area contributed by atoms with Gasteiger partial charge in [-0.05, 0) is 35.7 Å². The number of hydrogen-bond donors (Lipinski definition) is 3. The molecule has 35 heavy (non-hydrogen) atoms. The summed E-state index contributed by atoms with van der Waals surface area (Å²) in [4.78, 5) is 12.2. The van der Waals surface area contributed by atoms with Gasteiger partial charge in [0.2, 0.25) is 5.91 Å². The molecule has 6 nitrogen and oxygen atoms in total. The van der Waals surface area contributed by atoms with Crippen LogP contribution in [0.3, 0.4) is 0 Å². The first kappa shape index (κ1) is 24.8. The Morgan fingerprint density at radius 3 is 2.43 bits per heavy atom. The van der Waals surface area contributed by atoms with Crippen LogP contribution in [0.1, 0.15) is 27.9 Å². The molecule has 1 aliphatic rings. The van der Waals surface area contributed by atoms with Crippen LogP contribution in [0.4, 0.5) is 22.0 Å². The van der Waals surface area contributed by atoms with Crippen LogP contribution >= 0.6 is 0 Å². The highest BCUT2D eigenvalue weighted by molar-refractivity contribution is 5.80. The molecule has 186 valence electrons. The van der Waals surface area contributed by atoms with Gasteiger partial charge in [-0.2, -0.15) is 18.3 Å². The number of halogens is 5. The minimum absolute atomic E-state index is 0.0286. The Bertz CT molecular complexity index is 1170. The van der Waals surface area contributed by atoms with Crippen molar-refractivity contribution in [2.45, 2.75) is 38.7 Å². The fourth-order valence-corrected chi connectivity index (χ4v) is 4.00. The predicted octanol–water partition coefficient (Wildman–Crippen LogP) is 3.38. The molecule has 1 amide bonds. The Hall–Kier alpha value is -3.31. The van der Waals surface area contributed by atoms with E-state index in [0.29, 0.717) is 6.42 Å². The maximum atomic E-state index is 13.9. The molecule has 3 aromatic rings. The molecule has 2 atom stereocenters. The first-order valence-corrected chi connectivity index (χ1v) is 11.0. The molecule has 0 spiro atoms. The number of hydrogen-bond acceptors (Lipinski definition) is 4. The van der Waals surface area contributed by atoms with Gasteiger partial charge < -0.3 is 5.32 Å². The smallest absolute Gasteiger partial charge is 0.352 e. The lowest BCUT2D eigenvalue weighted by molar-refractivity contribution is -0.166. The summed E-state index contributed by atoms with van der Waals surface area (Å²) in [6, 6.07) is 9.03. The number of amides is 1. The van der Waals surface area contributed by atoms with Crippen molar-refractivity contribution < 1.29 is 26.7 Å². The van der Waals surface area contributed by atoms with E-state index in [9.17, 15) is 26.7 Å². The number of nitrogens with zero attached hydrogens (tertiary/aromatic N) is 2. The number of rotatable bonds is 7. The van der Waals surface area contributed by atoms with Gasteiger partial charge in [0.15, 0.2) is 0 Å². The first-order valence-electron chi connectivity index (χ1n) is 11.0. The molecule has 0 aliphatic carbocycles. The molecule has 0 saturated carbocycles. The fourth-order valence-electron chi connectivity index (χ4n) is 4.00. The van der Waals surface area contributed by atoms with E-state index in [-0.39, 0.29) is 25.2 Å². The molecular formula is C24H24F5N5O. The van der Waals surface area contributed by atoms with E-state index >= 15 is 0 Å². The van der Waals surface area contributed by atoms with E-state index in [1.165, 1.54) is 22.9 Å². The molecule has 1 saturated heterocycles. The van der Waals surface area contributed by atoms with Crippen molar-refractivity contribution in [2.75, 3.05) is 6.54 Å². The van der Waals surface area contributed by atoms with Crippen molar-refractivity contribution in [1.82, 2.24) is 25.9 Å². The lowest BCUT2D eigenvalue weighted by atomic mass is 10.0. The summed E-state index contributed by atoms with van der Waals surface area (Å²) in [5.74, 6) is -3.18. The van der Waals surface area contributed by atoms with Gasteiger partial charge in [0.25, 0.3) is 0 Å². The van der Waals surface area contributed by atoms with Crippen LogP contribution in [0, 0.1) is 24.5 Å². The molecule has 0 bridgehead atoms. The van der Waals surface area contributed by atoms with Gasteiger partial charge in [-0.1, -0.05) is 30.3 Å². The average molecular weight is 493 g/mol. The Labute approximate surface area is 198 Å². The normalized spacial score (nSPS) is 18.1. The van der Waals surface area contributed by atoms with Crippen LogP contribution in [-0.4, -0.2) is 34.5 Å². The highest BCUT2D eigenvalue weighted by atomic mass is 19.4. The van der Waals surface area contributed by atoms with Crippen LogP contribution in [0.2, 0.25) is 0 Å². The Morgan fingerprint density at radius 2 is 1.77 bits per heavy atom. The van der Waals surface area contributed by atoms with Crippen molar-refractivity contribution >= 4 is 5.91 Å². The van der Waals surface area contributed by atoms with E-state index in [1.54, 1.807) is 18.3 Å². The van der Waals surface area contributed by atoms with Crippen LogP contribution in [-0.2, 0) is 24.3 Å². The predicted molar refractivity (Wildman–Crippen MR) is 118 cm³/mol. The van der Waals surface area contributed by atoms with Crippen molar-refractivity contribution in [3.8, 4) is 0 Å². The van der Waals surface area contributed by atoms with Gasteiger partial charge in [0, 0.05) is 31.3 Å². The number of alkyl halides is 3. The van der Waals surface area contributed by atoms with Crippen molar-refractivity contribution in [3.05, 3.63) is 88.2 Å². The number of nitrogens with one attached hydrogen (secondary N) is 3. The number of hydrazine groups is 1. The summed E-state index contributed by atoms with van der Waals surface area (Å²) in [7, 11) is 0. The van der Waals surface area contributed by atoms with E-state index in [2.05, 4.69) is 21.3 Å². The number of aromatic nitrogens is 2. The monoisotopic (exact) mass is 493 g/mol. The van der Waals surface area contributed by atoms with Crippen LogP contribution in [0.25, 0.3) is 0 Å². The molecule has 3 N–H and O–H groups in total. The lowest BCUT2D eigenvalue weighted by Gasteiger charge is -2.20. The highest BCUT2D eigenvalue weighted by Crippen LogP contribution is 2.27. The summed E-state index contributed by atoms with van der Waals surface area (Å²) >= 11 is 0. The van der Waals surface area contributed by atoms with E-state index in [1.807, 2.05) is 19.1 Å². The summed E-state index contributed by atoms with van der Waals surface area (Å²) in [5.41, 5.74) is 7.72. The lowest BCUT2D eigenvalue weighted by Crippen LogP contribution is -2.48. The van der Waals surface area contributed by atoms with E-state index < -0.39 is 35.7 Å². The first-order chi connectivity index (χ1) is 16.6. The Kier molecular flexibility index (Phi) is 7.18. The zero-order valence-corrected chi connectivity index (χ0v) is 18.8. The standard InChI is InChI=1S/C24H24F5N5O/c1-14-12-34(13-18-19(25)3-2-4-20(18)26)33-21(14)9-15-5-7-16(8-6-15)10-30-23(35)17-11-31-32-22(17)24(27,28)29/h2-8,12,17,22,31-32H,9-11,13H2,1H3,(H,30,35). The number of aryl methyl sites for hydroxylation is 1. The van der Waals surface area contributed by atoms with E-state index in [4.69, 9.17) is 0 Å². The topological polar surface area (TPSA) is 71.0 Å². The minimum Gasteiger partial charge on any atom is -0.352 e. The summed E-state index contributed by atoms with van der Waals surface area (Å²) in [6.07, 6.45) is -2.31. The third kappa shape index (κ3) is 5.85. The largest absolute Gasteiger partial charge is 0.405 e.